The van der Waals surface area contributed by atoms with Crippen LogP contribution in [0.2, 0.25) is 0 Å². The molecule has 0 bridgehead atoms. The Bertz CT molecular complexity index is 5890. The van der Waals surface area contributed by atoms with Gasteiger partial charge in [-0.2, -0.15) is 0 Å². The third kappa shape index (κ3) is 23.9. The van der Waals surface area contributed by atoms with Crippen LogP contribution >= 0.6 is 0 Å². The van der Waals surface area contributed by atoms with Crippen LogP contribution in [0, 0.1) is 29.2 Å². The van der Waals surface area contributed by atoms with Crippen molar-refractivity contribution in [3.8, 4) is 22.8 Å². The van der Waals surface area contributed by atoms with E-state index in [1.54, 1.807) is 20.8 Å². The number of ether oxygens (including phenoxy) is 6. The molecule has 4 aliphatic heterocycles. The number of H-pyrrole nitrogens is 4. The maximum atomic E-state index is 15.4. The minimum atomic E-state index is -3.21. The highest BCUT2D eigenvalue weighted by Gasteiger charge is 2.47. The predicted molar refractivity (Wildman–Crippen MR) is 484 cm³/mol. The van der Waals surface area contributed by atoms with Gasteiger partial charge in [0.2, 0.25) is 29.5 Å². The number of likely N-dealkylation sites (tertiary alicyclic amines) is 4. The normalized spacial score (nSPS) is 22.2. The number of ketones is 1. The third-order valence-electron chi connectivity index (χ3n) is 22.9. The molecule has 712 valence electrons. The maximum absolute atomic E-state index is 15.4. The zero-order valence-corrected chi connectivity index (χ0v) is 75.4. The van der Waals surface area contributed by atoms with Crippen molar-refractivity contribution in [2.24, 2.45) is 17.4 Å². The predicted octanol–water partition coefficient (Wildman–Crippen LogP) is 13.0. The Morgan fingerprint density at radius 2 is 0.733 bits per heavy atom. The Morgan fingerprint density at radius 3 is 0.992 bits per heavy atom. The number of carbonyl (C=O) groups excluding carboxylic acids is 12. The monoisotopic (exact) mass is 1840 g/mol. The molecule has 9 N–H and O–H groups in total. The Hall–Kier alpha value is -11.9. The van der Waals surface area contributed by atoms with Gasteiger partial charge in [0.05, 0.1) is 67.1 Å². The van der Waals surface area contributed by atoms with E-state index in [1.165, 1.54) is 103 Å². The molecular weight excluding hydrogens is 1700 g/mol. The maximum Gasteiger partial charge on any atom is 0.410 e. The van der Waals surface area contributed by atoms with Crippen molar-refractivity contribution in [2.45, 2.75) is 291 Å². The standard InChI is InChI=1S/C57H77F2N7O12.C38H46F2N6O6.CH4/c1-15-34(21-48(69)30(3)63(13)54(73)77-56(7,8)9)52(71)65-28-39(75-32(5)67)24-37(65)26-43-41-19-17-35(58)22-46(41)60-49(43)50-44(42-20-18-36(59)23-47(42)61-50)27-38-25-40(76-33(6)68)29-66(38)53(72)45(16-2)62-51(70)31(4)64(14)55(74)78-57(10,11)12;1-5-31(41)37(49)45-17-25(51-19(3)47)13-23(45)15-29-27-9-7-21(39)11-33(27)43-35(29)36-30(28-10-8-22(40)12-34(28)44-36)16-24-14-26(52-20(4)48)18-46(24)38(50)32(42)6-2;/h17-20,22-23,30-31,34,37-40,45,60-61H,15-16,21,24-29H2,1-14H3,(H,62,70);7-12,23-26,31-32,43-44H,5-6,13-18,41-42H2,1-4H3;1H4/t30-,31-,34+,37-,38-,39-,40-,45-;23-,24-,25-,26-,31-,32-;/m00./s1/i13D3,14D3,26D2,27D2;15D2,16D2;. The van der Waals surface area contributed by atoms with E-state index < -0.39 is 256 Å². The van der Waals surface area contributed by atoms with Gasteiger partial charge in [-0.05, 0) is 202 Å². The molecule has 4 aromatic carbocycles. The van der Waals surface area contributed by atoms with Crippen LogP contribution in [0.25, 0.3) is 66.4 Å². The number of esters is 4. The first-order valence-corrected chi connectivity index (χ1v) is 43.2. The number of carbonyl (C=O) groups is 12. The first-order chi connectivity index (χ1) is 66.6. The van der Waals surface area contributed by atoms with Gasteiger partial charge in [0.25, 0.3) is 0 Å². The highest BCUT2D eigenvalue weighted by molar-refractivity contribution is 6.00. The summed E-state index contributed by atoms with van der Waals surface area (Å²) in [6.07, 6.45) is -19.0. The first kappa shape index (κ1) is 82.3. The molecule has 0 radical (unpaired) electrons. The summed E-state index contributed by atoms with van der Waals surface area (Å²) in [5.74, 6) is -12.0. The third-order valence-corrected chi connectivity index (χ3v) is 22.9. The Kier molecular flexibility index (Phi) is 26.5. The number of aromatic nitrogens is 4. The van der Waals surface area contributed by atoms with Crippen LogP contribution in [0.4, 0.5) is 27.2 Å². The molecule has 4 aromatic heterocycles. The van der Waals surface area contributed by atoms with Crippen LogP contribution in [-0.2, 0) is 102 Å². The van der Waals surface area contributed by atoms with Crippen LogP contribution in [0.5, 0.6) is 0 Å². The van der Waals surface area contributed by atoms with E-state index >= 15 is 18.4 Å². The zero-order chi connectivity index (χ0) is 107. The number of halogens is 4. The molecular formula is C96H127F4N13O18. The molecule has 4 saturated heterocycles. The van der Waals surface area contributed by atoms with E-state index in [4.69, 9.17) is 48.1 Å². The average Bonchev–Trinajstić information content (AvgIpc) is 1.56. The summed E-state index contributed by atoms with van der Waals surface area (Å²) in [4.78, 5) is 179. The fraction of sp³-hybridized carbons (Fsp3) is 0.542. The van der Waals surface area contributed by atoms with Crippen LogP contribution < -0.4 is 16.8 Å². The SMILES string of the molecule is C.[2H]C([2H])(c1c(-c2[nH]c3cc(F)ccc3c2C([2H])([2H])[C@@H]2C[C@H](OC(C)=O)CN2C(=O)[C@@H](N)CC)[nH]c2cc(F)ccc12)[C@@H]1C[C@H](OC(C)=O)CN1C(=O)[C@@H](N)CC.[2H]C([2H])(c1c(-c2[nH]c3cc(F)ccc3c2C([2H])([2H])[C@@H]2C[C@H](OC(C)=O)CN2C(=O)[C@H](CC)NC(=O)[C@H](C)N(C(=O)OC(C)(C)C)C([2H])([2H])[2H])[nH]c2cc(F)ccc12)[C@@H]1C[C@H](OC(C)=O)CN1C(=O)[C@H](CC)CC(=O)[C@H](C)N(C(=O)OC(C)(C)C)C([2H])([2H])[2H]. The number of nitrogens with one attached hydrogen (secondary N) is 5. The van der Waals surface area contributed by atoms with Gasteiger partial charge in [0.15, 0.2) is 5.78 Å². The molecule has 12 rings (SSSR count). The van der Waals surface area contributed by atoms with Crippen LogP contribution in [0.3, 0.4) is 0 Å². The number of aromatic amines is 4. The fourth-order valence-corrected chi connectivity index (χ4v) is 16.5. The van der Waals surface area contributed by atoms with E-state index in [2.05, 4.69) is 25.3 Å². The van der Waals surface area contributed by atoms with Crippen LogP contribution in [-0.4, -0.2) is 251 Å². The Balaban J connectivity index is 0.000000324. The second kappa shape index (κ2) is 42.1. The Labute approximate surface area is 779 Å². The quantitative estimate of drug-likeness (QED) is 0.0130. The van der Waals surface area contributed by atoms with Gasteiger partial charge in [-0.15, -0.1) is 0 Å². The lowest BCUT2D eigenvalue weighted by Gasteiger charge is -2.31. The summed E-state index contributed by atoms with van der Waals surface area (Å²) >= 11 is 0. The van der Waals surface area contributed by atoms with Gasteiger partial charge in [-0.1, -0.05) is 35.1 Å². The fourth-order valence-electron chi connectivity index (χ4n) is 16.5. The first-order valence-electron chi connectivity index (χ1n) is 50.2. The molecule has 0 aliphatic carbocycles. The Morgan fingerprint density at radius 1 is 0.450 bits per heavy atom. The second-order valence-corrected chi connectivity index (χ2v) is 35.1. The molecule has 0 unspecified atom stereocenters. The summed E-state index contributed by atoms with van der Waals surface area (Å²) in [5, 5.41) is 2.88. The highest BCUT2D eigenvalue weighted by Crippen LogP contribution is 2.44. The summed E-state index contributed by atoms with van der Waals surface area (Å²) in [6, 6.07) is 1.11. The van der Waals surface area contributed by atoms with Gasteiger partial charge >= 0.3 is 36.1 Å². The minimum absolute atomic E-state index is 0. The largest absolute Gasteiger partial charge is 0.461 e. The molecule has 14 atom stereocenters. The number of nitrogens with zero attached hydrogens (tertiary/aromatic N) is 6. The molecule has 8 heterocycles. The molecule has 4 fully saturated rings. The van der Waals surface area contributed by atoms with Crippen molar-refractivity contribution in [1.29, 1.82) is 0 Å². The molecule has 4 aliphatic rings. The number of likely N-dealkylation sites (N-methyl/N-ethyl adjacent to an activating group) is 2. The van der Waals surface area contributed by atoms with Gasteiger partial charge in [0, 0.05) is 167 Å². The van der Waals surface area contributed by atoms with E-state index in [0.717, 1.165) is 79.1 Å². The van der Waals surface area contributed by atoms with Gasteiger partial charge < -0.3 is 89.6 Å². The van der Waals surface area contributed by atoms with Gasteiger partial charge in [-0.25, -0.2) is 27.2 Å². The average molecular weight is 1840 g/mol. The van der Waals surface area contributed by atoms with Gasteiger partial charge in [-0.3, -0.25) is 52.8 Å². The smallest absolute Gasteiger partial charge is 0.410 e. The van der Waals surface area contributed by atoms with E-state index in [0.29, 0.717) is 4.90 Å². The topological polar surface area (TPSA) is 407 Å². The highest BCUT2D eigenvalue weighted by atomic mass is 19.1. The number of Topliss-reactive ketones (excluding diaryl/α,β-unsaturated/α-hetero) is 1. The van der Waals surface area contributed by atoms with E-state index in [1.807, 2.05) is 0 Å². The number of fused-ring (bicyclic) bond motifs is 4. The summed E-state index contributed by atoms with van der Waals surface area (Å²) in [7, 11) is 0. The van der Waals surface area contributed by atoms with Crippen molar-refractivity contribution in [2.75, 3.05) is 40.1 Å². The van der Waals surface area contributed by atoms with E-state index in [9.17, 15) is 67.7 Å². The van der Waals surface area contributed by atoms with Crippen LogP contribution in [0.1, 0.15) is 217 Å². The van der Waals surface area contributed by atoms with Crippen molar-refractivity contribution in [3.05, 3.63) is 118 Å². The van der Waals surface area contributed by atoms with Crippen molar-refractivity contribution in [3.63, 3.8) is 0 Å². The lowest BCUT2D eigenvalue weighted by Crippen LogP contribution is -2.55. The van der Waals surface area contributed by atoms with Crippen molar-refractivity contribution >= 4 is 115 Å². The number of hydrogen-bond donors (Lipinski definition) is 7. The number of benzene rings is 4. The molecule has 7 amide bonds. The lowest BCUT2D eigenvalue weighted by atomic mass is 9.93. The number of amides is 7. The minimum Gasteiger partial charge on any atom is -0.461 e. The molecule has 35 heteroatoms. The zero-order valence-electron chi connectivity index (χ0n) is 89.4. The second-order valence-electron chi connectivity index (χ2n) is 35.1. The van der Waals surface area contributed by atoms with Crippen molar-refractivity contribution < 1.29 is 123 Å². The molecule has 0 spiro atoms. The number of rotatable bonds is 29. The summed E-state index contributed by atoms with van der Waals surface area (Å²) in [6.45, 7) is 14.7. The molecule has 31 nitrogen and oxygen atoms in total. The molecule has 0 saturated carbocycles. The lowest BCUT2D eigenvalue weighted by molar-refractivity contribution is -0.147. The van der Waals surface area contributed by atoms with Crippen LogP contribution in [0.15, 0.2) is 72.8 Å². The van der Waals surface area contributed by atoms with E-state index in [-0.39, 0.29) is 159 Å². The number of hydrogen-bond acceptors (Lipinski definition) is 20. The molecule has 131 heavy (non-hydrogen) atoms. The summed E-state index contributed by atoms with van der Waals surface area (Å²) < 4.78 is 222. The van der Waals surface area contributed by atoms with Crippen molar-refractivity contribution in [1.82, 2.24) is 54.7 Å². The number of nitrogens with two attached hydrogens (primary N) is 2. The molecule has 8 aromatic rings. The summed E-state index contributed by atoms with van der Waals surface area (Å²) in [5.41, 5.74) is 8.71. The van der Waals surface area contributed by atoms with Gasteiger partial charge in [0.1, 0.15) is 71.0 Å².